The van der Waals surface area contributed by atoms with Crippen LogP contribution in [-0.2, 0) is 4.79 Å². The number of anilines is 1. The number of benzene rings is 2. The minimum absolute atomic E-state index is 0.0845. The van der Waals surface area contributed by atoms with E-state index >= 15 is 0 Å². The third-order valence-electron chi connectivity index (χ3n) is 4.98. The van der Waals surface area contributed by atoms with Gasteiger partial charge in [0.05, 0.1) is 20.8 Å². The summed E-state index contributed by atoms with van der Waals surface area (Å²) in [5.74, 6) is 2.36. The van der Waals surface area contributed by atoms with E-state index in [-0.39, 0.29) is 18.5 Å². The first kappa shape index (κ1) is 21.3. The lowest BCUT2D eigenvalue weighted by atomic mass is 10.2. The van der Waals surface area contributed by atoms with E-state index in [4.69, 9.17) is 13.9 Å². The van der Waals surface area contributed by atoms with Crippen LogP contribution in [0.5, 0.6) is 11.5 Å². The highest BCUT2D eigenvalue weighted by Crippen LogP contribution is 2.22. The maximum absolute atomic E-state index is 12.5. The number of carbonyl (C=O) groups excluding carboxylic acids is 1. The van der Waals surface area contributed by atoms with Crippen LogP contribution in [0.3, 0.4) is 0 Å². The average molecular weight is 411 g/mol. The van der Waals surface area contributed by atoms with Gasteiger partial charge >= 0.3 is 0 Å². The first-order valence-electron chi connectivity index (χ1n) is 9.80. The molecule has 8 nitrogen and oxygen atoms in total. The van der Waals surface area contributed by atoms with Crippen molar-refractivity contribution in [1.29, 1.82) is 0 Å². The molecule has 1 amide bonds. The highest BCUT2D eigenvalue weighted by atomic mass is 16.5. The van der Waals surface area contributed by atoms with Crippen molar-refractivity contribution >= 4 is 11.6 Å². The summed E-state index contributed by atoms with van der Waals surface area (Å²) in [4.78, 5) is 13.5. The molecule has 1 aromatic heterocycles. The van der Waals surface area contributed by atoms with Crippen molar-refractivity contribution in [1.82, 2.24) is 10.2 Å². The zero-order chi connectivity index (χ0) is 21.5. The lowest BCUT2D eigenvalue weighted by Gasteiger charge is -2.21. The highest BCUT2D eigenvalue weighted by molar-refractivity contribution is 5.91. The van der Waals surface area contributed by atoms with Crippen molar-refractivity contribution in [2.45, 2.75) is 19.9 Å². The predicted octanol–water partition coefficient (Wildman–Crippen LogP) is 2.36. The lowest BCUT2D eigenvalue weighted by Crippen LogP contribution is -3.12. The quantitative estimate of drug-likeness (QED) is 0.562. The third kappa shape index (κ3) is 5.15. The lowest BCUT2D eigenvalue weighted by molar-refractivity contribution is -0.921. The number of rotatable bonds is 9. The van der Waals surface area contributed by atoms with Crippen LogP contribution in [0, 0.1) is 0 Å². The summed E-state index contributed by atoms with van der Waals surface area (Å²) >= 11 is 0. The average Bonchev–Trinajstić information content (AvgIpc) is 3.28. The zero-order valence-electron chi connectivity index (χ0n) is 17.6. The molecule has 8 heteroatoms. The van der Waals surface area contributed by atoms with Crippen LogP contribution in [0.2, 0.25) is 0 Å². The monoisotopic (exact) mass is 411 g/mol. The molecule has 0 fully saturated rings. The van der Waals surface area contributed by atoms with Gasteiger partial charge in [-0.25, -0.2) is 0 Å². The van der Waals surface area contributed by atoms with Crippen LogP contribution in [0.15, 0.2) is 52.9 Å². The van der Waals surface area contributed by atoms with Gasteiger partial charge in [0.2, 0.25) is 5.89 Å². The van der Waals surface area contributed by atoms with Crippen LogP contribution in [-0.4, -0.2) is 43.4 Å². The minimum Gasteiger partial charge on any atom is -0.497 e. The fraction of sp³-hybridized carbons (Fsp3) is 0.318. The van der Waals surface area contributed by atoms with Gasteiger partial charge in [-0.3, -0.25) is 4.79 Å². The molecule has 3 rings (SSSR count). The summed E-state index contributed by atoms with van der Waals surface area (Å²) in [7, 11) is 3.23. The fourth-order valence-electron chi connectivity index (χ4n) is 3.10. The number of quaternary nitrogens is 1. The Morgan fingerprint density at radius 2 is 1.63 bits per heavy atom. The molecular weight excluding hydrogens is 384 g/mol. The summed E-state index contributed by atoms with van der Waals surface area (Å²) in [6.45, 7) is 5.01. The SMILES string of the molecule is CC[NH+](CC(=O)Nc1ccc(OC)cc1)[C@H](C)c1nnc(-c2ccc(OC)cc2)o1. The van der Waals surface area contributed by atoms with E-state index < -0.39 is 0 Å². The van der Waals surface area contributed by atoms with Crippen molar-refractivity contribution in [3.63, 3.8) is 0 Å². The van der Waals surface area contributed by atoms with Gasteiger partial charge in [-0.05, 0) is 62.4 Å². The molecule has 1 unspecified atom stereocenters. The molecule has 0 bridgehead atoms. The van der Waals surface area contributed by atoms with Gasteiger partial charge in [0.25, 0.3) is 11.8 Å². The summed E-state index contributed by atoms with van der Waals surface area (Å²) in [6, 6.07) is 14.5. The van der Waals surface area contributed by atoms with Crippen LogP contribution in [0.25, 0.3) is 11.5 Å². The summed E-state index contributed by atoms with van der Waals surface area (Å²) in [5, 5.41) is 11.3. The number of carbonyl (C=O) groups is 1. The fourth-order valence-corrected chi connectivity index (χ4v) is 3.10. The molecule has 0 aliphatic rings. The van der Waals surface area contributed by atoms with Crippen LogP contribution >= 0.6 is 0 Å². The van der Waals surface area contributed by atoms with Crippen molar-refractivity contribution in [3.8, 4) is 23.0 Å². The molecule has 0 aliphatic carbocycles. The zero-order valence-corrected chi connectivity index (χ0v) is 17.6. The number of hydrogen-bond acceptors (Lipinski definition) is 6. The molecule has 2 aromatic carbocycles. The van der Waals surface area contributed by atoms with Crippen molar-refractivity contribution < 1.29 is 23.6 Å². The van der Waals surface area contributed by atoms with E-state index in [2.05, 4.69) is 15.5 Å². The molecule has 3 aromatic rings. The molecule has 1 heterocycles. The highest BCUT2D eigenvalue weighted by Gasteiger charge is 2.26. The first-order valence-corrected chi connectivity index (χ1v) is 9.80. The van der Waals surface area contributed by atoms with Crippen LogP contribution in [0.4, 0.5) is 5.69 Å². The molecule has 2 N–H and O–H groups in total. The maximum atomic E-state index is 12.5. The molecule has 0 saturated heterocycles. The number of nitrogens with zero attached hydrogens (tertiary/aromatic N) is 2. The number of methoxy groups -OCH3 is 2. The van der Waals surface area contributed by atoms with Gasteiger partial charge in [-0.15, -0.1) is 10.2 Å². The van der Waals surface area contributed by atoms with Gasteiger partial charge in [-0.2, -0.15) is 0 Å². The van der Waals surface area contributed by atoms with E-state index in [0.29, 0.717) is 11.8 Å². The van der Waals surface area contributed by atoms with Crippen molar-refractivity contribution in [2.75, 3.05) is 32.6 Å². The number of ether oxygens (including phenoxy) is 2. The molecule has 158 valence electrons. The number of hydrogen-bond donors (Lipinski definition) is 2. The standard InChI is InChI=1S/C22H26N4O4/c1-5-26(14-20(27)23-17-8-12-19(29-4)13-9-17)15(2)21-24-25-22(30-21)16-6-10-18(28-3)11-7-16/h6-13,15H,5,14H2,1-4H3,(H,23,27)/p+1/t15-/m1/s1. The number of aromatic nitrogens is 2. The third-order valence-corrected chi connectivity index (χ3v) is 4.98. The molecule has 0 saturated carbocycles. The topological polar surface area (TPSA) is 90.9 Å². The van der Waals surface area contributed by atoms with Crippen LogP contribution < -0.4 is 19.7 Å². The second kappa shape index (κ2) is 9.89. The molecule has 30 heavy (non-hydrogen) atoms. The Morgan fingerprint density at radius 3 is 2.20 bits per heavy atom. The second-order valence-corrected chi connectivity index (χ2v) is 6.86. The van der Waals surface area contributed by atoms with Gasteiger partial charge in [0, 0.05) is 11.3 Å². The maximum Gasteiger partial charge on any atom is 0.279 e. The van der Waals surface area contributed by atoms with Gasteiger partial charge < -0.3 is 24.1 Å². The Morgan fingerprint density at radius 1 is 1.03 bits per heavy atom. The van der Waals surface area contributed by atoms with Gasteiger partial charge in [0.15, 0.2) is 12.6 Å². The second-order valence-electron chi connectivity index (χ2n) is 6.86. The van der Waals surface area contributed by atoms with E-state index in [1.807, 2.05) is 62.4 Å². The number of amides is 1. The summed E-state index contributed by atoms with van der Waals surface area (Å²) < 4.78 is 16.2. The van der Waals surface area contributed by atoms with E-state index in [1.165, 1.54) is 0 Å². The Hall–Kier alpha value is -3.39. The number of nitrogens with one attached hydrogen (secondary N) is 2. The largest absolute Gasteiger partial charge is 0.497 e. The minimum atomic E-state index is -0.129. The molecule has 0 aliphatic heterocycles. The van der Waals surface area contributed by atoms with Gasteiger partial charge in [-0.1, -0.05) is 0 Å². The molecular formula is C22H27N4O4+. The molecule has 0 spiro atoms. The first-order chi connectivity index (χ1) is 14.5. The molecule has 2 atom stereocenters. The van der Waals surface area contributed by atoms with Crippen molar-refractivity contribution in [2.24, 2.45) is 0 Å². The van der Waals surface area contributed by atoms with Crippen LogP contribution in [0.1, 0.15) is 25.8 Å². The molecule has 0 radical (unpaired) electrons. The van der Waals surface area contributed by atoms with Gasteiger partial charge in [0.1, 0.15) is 11.5 Å². The van der Waals surface area contributed by atoms with E-state index in [1.54, 1.807) is 14.2 Å². The Labute approximate surface area is 175 Å². The number of likely N-dealkylation sites (N-methyl/N-ethyl adjacent to an activating group) is 1. The Balaban J connectivity index is 1.64. The smallest absolute Gasteiger partial charge is 0.279 e. The van der Waals surface area contributed by atoms with E-state index in [0.717, 1.165) is 34.2 Å². The summed E-state index contributed by atoms with van der Waals surface area (Å²) in [5.41, 5.74) is 1.54. The van der Waals surface area contributed by atoms with E-state index in [9.17, 15) is 4.79 Å². The predicted molar refractivity (Wildman–Crippen MR) is 113 cm³/mol. The Kier molecular flexibility index (Phi) is 7.03. The Bertz CT molecular complexity index is 954. The van der Waals surface area contributed by atoms with Crippen molar-refractivity contribution in [3.05, 3.63) is 54.4 Å². The normalized spacial score (nSPS) is 12.8. The summed E-state index contributed by atoms with van der Waals surface area (Å²) in [6.07, 6.45) is 0.